The zero-order valence-electron chi connectivity index (χ0n) is 22.4. The van der Waals surface area contributed by atoms with Crippen LogP contribution in [0.4, 0.5) is 0 Å². The molecular formula is C32H27N3O5S. The highest BCUT2D eigenvalue weighted by Crippen LogP contribution is 2.37. The molecule has 2 aromatic heterocycles. The van der Waals surface area contributed by atoms with E-state index in [1.54, 1.807) is 18.3 Å². The molecule has 9 heteroatoms. The molecule has 0 spiro atoms. The summed E-state index contributed by atoms with van der Waals surface area (Å²) in [6.07, 6.45) is 7.69. The Morgan fingerprint density at radius 3 is 2.39 bits per heavy atom. The Bertz CT molecular complexity index is 1890. The number of nitrogens with one attached hydrogen (secondary N) is 1. The fourth-order valence-electron chi connectivity index (χ4n) is 4.60. The number of nitrogens with zero attached hydrogens (tertiary/aromatic N) is 2. The third-order valence-corrected chi connectivity index (χ3v) is 7.51. The molecule has 206 valence electrons. The lowest BCUT2D eigenvalue weighted by atomic mass is 9.87. The summed E-state index contributed by atoms with van der Waals surface area (Å²) in [5, 5.41) is 17.1. The molecule has 0 aliphatic rings. The van der Waals surface area contributed by atoms with Crippen LogP contribution in [0.3, 0.4) is 0 Å². The molecule has 0 radical (unpaired) electrons. The van der Waals surface area contributed by atoms with Gasteiger partial charge in [0, 0.05) is 17.7 Å². The number of hydrogen-bond donors (Lipinski definition) is 2. The number of allylic oxidation sites excluding steroid dienone is 1. The topological polar surface area (TPSA) is 122 Å². The van der Waals surface area contributed by atoms with Crippen LogP contribution in [0, 0.1) is 0 Å². The Kier molecular flexibility index (Phi) is 7.80. The van der Waals surface area contributed by atoms with Crippen LogP contribution in [-0.4, -0.2) is 40.9 Å². The van der Waals surface area contributed by atoms with Crippen molar-refractivity contribution >= 4 is 43.9 Å². The van der Waals surface area contributed by atoms with Gasteiger partial charge >= 0.3 is 5.97 Å². The van der Waals surface area contributed by atoms with E-state index in [1.807, 2.05) is 54.6 Å². The number of carboxylic acids is 1. The summed E-state index contributed by atoms with van der Waals surface area (Å²) >= 11 is 0. The maximum absolute atomic E-state index is 11.7. The van der Waals surface area contributed by atoms with E-state index in [1.165, 1.54) is 12.3 Å². The summed E-state index contributed by atoms with van der Waals surface area (Å²) < 4.78 is 29.5. The lowest BCUT2D eigenvalue weighted by molar-refractivity contribution is -0.131. The van der Waals surface area contributed by atoms with Crippen molar-refractivity contribution in [3.05, 3.63) is 120 Å². The first-order chi connectivity index (χ1) is 19.7. The summed E-state index contributed by atoms with van der Waals surface area (Å²) in [4.78, 5) is 15.0. The van der Waals surface area contributed by atoms with Crippen molar-refractivity contribution in [2.75, 3.05) is 6.26 Å². The lowest BCUT2D eigenvalue weighted by Crippen LogP contribution is -2.00. The molecule has 5 rings (SSSR count). The van der Waals surface area contributed by atoms with Crippen LogP contribution in [0.15, 0.2) is 102 Å². The van der Waals surface area contributed by atoms with Crippen molar-refractivity contribution < 1.29 is 23.1 Å². The second kappa shape index (κ2) is 11.6. The molecule has 3 aromatic carbocycles. The van der Waals surface area contributed by atoms with Crippen LogP contribution in [-0.2, 0) is 14.6 Å². The van der Waals surface area contributed by atoms with Gasteiger partial charge in [-0.2, -0.15) is 5.10 Å². The molecule has 2 heterocycles. The van der Waals surface area contributed by atoms with Gasteiger partial charge in [-0.1, -0.05) is 49.4 Å². The maximum Gasteiger partial charge on any atom is 0.328 e. The average Bonchev–Trinajstić information content (AvgIpc) is 3.43. The van der Waals surface area contributed by atoms with Crippen LogP contribution in [0.2, 0.25) is 0 Å². The second-order valence-corrected chi connectivity index (χ2v) is 11.4. The van der Waals surface area contributed by atoms with Crippen molar-refractivity contribution in [2.45, 2.75) is 18.4 Å². The van der Waals surface area contributed by atoms with Crippen LogP contribution in [0.1, 0.15) is 35.6 Å². The summed E-state index contributed by atoms with van der Waals surface area (Å²) in [6, 6.07) is 24.6. The number of pyridine rings is 1. The Morgan fingerprint density at radius 1 is 0.927 bits per heavy atom. The molecule has 2 N–H and O–H groups in total. The van der Waals surface area contributed by atoms with Gasteiger partial charge in [0.15, 0.2) is 14.9 Å². The van der Waals surface area contributed by atoms with E-state index < -0.39 is 15.8 Å². The second-order valence-electron chi connectivity index (χ2n) is 9.41. The summed E-state index contributed by atoms with van der Waals surface area (Å²) in [6.45, 7) is 2.09. The molecule has 0 saturated heterocycles. The number of sulfone groups is 1. The van der Waals surface area contributed by atoms with Gasteiger partial charge in [-0.25, -0.2) is 18.2 Å². The van der Waals surface area contributed by atoms with E-state index in [-0.39, 0.29) is 5.03 Å². The first-order valence-corrected chi connectivity index (χ1v) is 14.7. The first-order valence-electron chi connectivity index (χ1n) is 12.8. The van der Waals surface area contributed by atoms with Gasteiger partial charge in [-0.3, -0.25) is 5.10 Å². The molecule has 0 bridgehead atoms. The molecule has 0 atom stereocenters. The molecule has 0 aliphatic heterocycles. The number of carboxylic acid groups (broad SMARTS) is 1. The van der Waals surface area contributed by atoms with E-state index in [2.05, 4.69) is 34.2 Å². The van der Waals surface area contributed by atoms with Gasteiger partial charge in [0.25, 0.3) is 0 Å². The first kappa shape index (κ1) is 27.5. The molecule has 5 aromatic rings. The number of carbonyl (C=O) groups is 1. The fourth-order valence-corrected chi connectivity index (χ4v) is 5.16. The van der Waals surface area contributed by atoms with Crippen molar-refractivity contribution in [2.24, 2.45) is 0 Å². The molecule has 0 amide bonds. The number of H-pyrrole nitrogens is 1. The number of benzene rings is 3. The third-order valence-electron chi connectivity index (χ3n) is 6.51. The normalized spacial score (nSPS) is 12.4. The highest BCUT2D eigenvalue weighted by molar-refractivity contribution is 7.90. The van der Waals surface area contributed by atoms with Gasteiger partial charge in [0.2, 0.25) is 0 Å². The zero-order valence-corrected chi connectivity index (χ0v) is 23.2. The van der Waals surface area contributed by atoms with Crippen LogP contribution < -0.4 is 4.74 Å². The molecule has 0 aliphatic carbocycles. The lowest BCUT2D eigenvalue weighted by Gasteiger charge is -2.17. The van der Waals surface area contributed by atoms with Gasteiger partial charge in [-0.05, 0) is 82.3 Å². The summed E-state index contributed by atoms with van der Waals surface area (Å²) in [5.41, 5.74) is 6.78. The van der Waals surface area contributed by atoms with E-state index in [4.69, 9.17) is 9.84 Å². The average molecular weight is 566 g/mol. The molecule has 8 nitrogen and oxygen atoms in total. The van der Waals surface area contributed by atoms with Crippen LogP contribution in [0.25, 0.3) is 28.1 Å². The summed E-state index contributed by atoms with van der Waals surface area (Å²) in [7, 11) is -3.40. The van der Waals surface area contributed by atoms with Gasteiger partial charge in [0.1, 0.15) is 11.5 Å². The smallest absolute Gasteiger partial charge is 0.328 e. The molecule has 41 heavy (non-hydrogen) atoms. The highest BCUT2D eigenvalue weighted by atomic mass is 32.2. The monoisotopic (exact) mass is 565 g/mol. The van der Waals surface area contributed by atoms with Crippen LogP contribution >= 0.6 is 0 Å². The predicted molar refractivity (Wildman–Crippen MR) is 159 cm³/mol. The zero-order chi connectivity index (χ0) is 29.0. The van der Waals surface area contributed by atoms with Crippen molar-refractivity contribution in [1.29, 1.82) is 0 Å². The number of fused-ring (bicyclic) bond motifs is 1. The van der Waals surface area contributed by atoms with E-state index in [9.17, 15) is 13.2 Å². The summed E-state index contributed by atoms with van der Waals surface area (Å²) in [5.74, 6) is 0.00827. The minimum absolute atomic E-state index is 0.0153. The van der Waals surface area contributed by atoms with E-state index >= 15 is 0 Å². The predicted octanol–water partition coefficient (Wildman–Crippen LogP) is 6.62. The van der Waals surface area contributed by atoms with Gasteiger partial charge < -0.3 is 9.84 Å². The number of rotatable bonds is 9. The maximum atomic E-state index is 11.7. The Hall–Kier alpha value is -5.02. The van der Waals surface area contributed by atoms with Crippen molar-refractivity contribution in [3.63, 3.8) is 0 Å². The Labute approximate surface area is 237 Å². The standard InChI is InChI=1S/C32H27N3O5S/c1-3-28(23-5-4-6-26(18-23)40-27-13-15-30(33-20-27)41(2,38)39)32(24-12-14-29-25(17-24)19-34-35-29)22-10-7-21(8-11-22)9-16-31(36)37/h4-20H,3H2,1-2H3,(H,34,35)(H,36,37). The minimum atomic E-state index is -3.40. The molecule has 0 fully saturated rings. The third kappa shape index (κ3) is 6.42. The SMILES string of the molecule is CCC(=C(c1ccc(C=CC(=O)O)cc1)c1ccc2[nH]ncc2c1)c1cccc(Oc2ccc(S(C)(=O)=O)nc2)c1. The fraction of sp³-hybridized carbons (Fsp3) is 0.0938. The highest BCUT2D eigenvalue weighted by Gasteiger charge is 2.15. The number of aliphatic carboxylic acids is 1. The van der Waals surface area contributed by atoms with E-state index in [0.29, 0.717) is 17.9 Å². The van der Waals surface area contributed by atoms with Gasteiger partial charge in [0.05, 0.1) is 17.9 Å². The Morgan fingerprint density at radius 2 is 1.71 bits per heavy atom. The number of ether oxygens (including phenoxy) is 1. The Balaban J connectivity index is 1.59. The molecular weight excluding hydrogens is 538 g/mol. The number of aromatic nitrogens is 3. The largest absolute Gasteiger partial charge is 0.478 e. The quantitative estimate of drug-likeness (QED) is 0.152. The minimum Gasteiger partial charge on any atom is -0.478 e. The van der Waals surface area contributed by atoms with Gasteiger partial charge in [-0.15, -0.1) is 0 Å². The number of aromatic amines is 1. The van der Waals surface area contributed by atoms with Crippen LogP contribution in [0.5, 0.6) is 11.5 Å². The van der Waals surface area contributed by atoms with Crippen molar-refractivity contribution in [1.82, 2.24) is 15.2 Å². The molecule has 0 unspecified atom stereocenters. The molecule has 0 saturated carbocycles. The number of hydrogen-bond acceptors (Lipinski definition) is 6. The van der Waals surface area contributed by atoms with E-state index in [0.717, 1.165) is 56.6 Å². The van der Waals surface area contributed by atoms with Crippen molar-refractivity contribution in [3.8, 4) is 11.5 Å².